The Kier molecular flexibility index (Phi) is 2.99. The van der Waals surface area contributed by atoms with E-state index >= 15 is 0 Å². The van der Waals surface area contributed by atoms with E-state index in [0.29, 0.717) is 6.61 Å². The van der Waals surface area contributed by atoms with Gasteiger partial charge in [0.25, 0.3) is 0 Å². The number of rotatable bonds is 2. The van der Waals surface area contributed by atoms with E-state index in [0.717, 1.165) is 5.56 Å². The van der Waals surface area contributed by atoms with Crippen molar-refractivity contribution < 1.29 is 19.4 Å². The minimum Gasteiger partial charge on any atom is -0.479 e. The Hall–Kier alpha value is -1.39. The molecule has 1 aromatic carbocycles. The molecule has 80 valence electrons. The number of ether oxygens (including phenoxy) is 2. The van der Waals surface area contributed by atoms with Crippen LogP contribution in [0.2, 0.25) is 0 Å². The predicted molar refractivity (Wildman–Crippen MR) is 52.5 cm³/mol. The molecule has 0 radical (unpaired) electrons. The molecule has 1 fully saturated rings. The Bertz CT molecular complexity index is 336. The van der Waals surface area contributed by atoms with E-state index in [1.165, 1.54) is 0 Å². The molecule has 1 heterocycles. The van der Waals surface area contributed by atoms with E-state index in [-0.39, 0.29) is 12.7 Å². The third-order valence-corrected chi connectivity index (χ3v) is 2.31. The highest BCUT2D eigenvalue weighted by atomic mass is 16.6. The molecule has 2 rings (SSSR count). The summed E-state index contributed by atoms with van der Waals surface area (Å²) in [6.07, 6.45) is -1.13. The first-order chi connectivity index (χ1) is 7.27. The summed E-state index contributed by atoms with van der Waals surface area (Å²) in [5, 5.41) is 8.80. The van der Waals surface area contributed by atoms with Gasteiger partial charge < -0.3 is 14.6 Å². The van der Waals surface area contributed by atoms with Crippen molar-refractivity contribution in [1.82, 2.24) is 0 Å². The second-order valence-corrected chi connectivity index (χ2v) is 3.40. The average Bonchev–Trinajstić information content (AvgIpc) is 2.30. The van der Waals surface area contributed by atoms with Crippen LogP contribution < -0.4 is 0 Å². The van der Waals surface area contributed by atoms with Crippen molar-refractivity contribution in [2.45, 2.75) is 12.2 Å². The maximum atomic E-state index is 10.7. The first kappa shape index (κ1) is 10.1. The fourth-order valence-corrected chi connectivity index (χ4v) is 1.53. The van der Waals surface area contributed by atoms with E-state index in [9.17, 15) is 4.79 Å². The standard InChI is InChI=1S/C11H12O4/c12-11(13)10-7-14-6-9(15-10)8-4-2-1-3-5-8/h1-5,9-10H,6-7H2,(H,12,13)/t9-,10-/m0/s1. The lowest BCUT2D eigenvalue weighted by Crippen LogP contribution is -2.37. The summed E-state index contributed by atoms with van der Waals surface area (Å²) >= 11 is 0. The van der Waals surface area contributed by atoms with Crippen molar-refractivity contribution in [3.63, 3.8) is 0 Å². The quantitative estimate of drug-likeness (QED) is 0.794. The topological polar surface area (TPSA) is 55.8 Å². The molecule has 1 N–H and O–H groups in total. The molecule has 0 aliphatic carbocycles. The van der Waals surface area contributed by atoms with Crippen molar-refractivity contribution in [3.8, 4) is 0 Å². The zero-order chi connectivity index (χ0) is 10.7. The molecule has 0 bridgehead atoms. The second-order valence-electron chi connectivity index (χ2n) is 3.40. The van der Waals surface area contributed by atoms with Crippen LogP contribution in [0.15, 0.2) is 30.3 Å². The number of benzene rings is 1. The molecule has 1 aliphatic heterocycles. The monoisotopic (exact) mass is 208 g/mol. The lowest BCUT2D eigenvalue weighted by Gasteiger charge is -2.27. The minimum atomic E-state index is -0.976. The van der Waals surface area contributed by atoms with Crippen LogP contribution in [0.4, 0.5) is 0 Å². The van der Waals surface area contributed by atoms with Gasteiger partial charge in [-0.1, -0.05) is 30.3 Å². The van der Waals surface area contributed by atoms with Gasteiger partial charge in [-0.25, -0.2) is 4.79 Å². The number of aliphatic carboxylic acids is 1. The number of carbonyl (C=O) groups is 1. The third kappa shape index (κ3) is 2.34. The highest BCUT2D eigenvalue weighted by Gasteiger charge is 2.28. The molecular weight excluding hydrogens is 196 g/mol. The summed E-state index contributed by atoms with van der Waals surface area (Å²) < 4.78 is 10.6. The summed E-state index contributed by atoms with van der Waals surface area (Å²) in [6.45, 7) is 0.534. The summed E-state index contributed by atoms with van der Waals surface area (Å²) in [5.74, 6) is -0.976. The molecule has 0 amide bonds. The Labute approximate surface area is 87.4 Å². The summed E-state index contributed by atoms with van der Waals surface area (Å²) in [5.41, 5.74) is 0.948. The summed E-state index contributed by atoms with van der Waals surface area (Å²) in [7, 11) is 0. The van der Waals surface area contributed by atoms with Crippen LogP contribution in [0.3, 0.4) is 0 Å². The third-order valence-electron chi connectivity index (χ3n) is 2.31. The lowest BCUT2D eigenvalue weighted by atomic mass is 10.1. The molecular formula is C11H12O4. The van der Waals surface area contributed by atoms with Gasteiger partial charge in [-0.2, -0.15) is 0 Å². The fraction of sp³-hybridized carbons (Fsp3) is 0.364. The maximum absolute atomic E-state index is 10.7. The average molecular weight is 208 g/mol. The SMILES string of the molecule is O=C(O)[C@@H]1COC[C@@H](c2ccccc2)O1. The van der Waals surface area contributed by atoms with Gasteiger partial charge in [0.05, 0.1) is 13.2 Å². The molecule has 0 spiro atoms. The van der Waals surface area contributed by atoms with Gasteiger partial charge in [-0.15, -0.1) is 0 Å². The van der Waals surface area contributed by atoms with E-state index < -0.39 is 12.1 Å². The number of carboxylic acids is 1. The molecule has 2 atom stereocenters. The minimum absolute atomic E-state index is 0.124. The molecule has 0 aromatic heterocycles. The van der Waals surface area contributed by atoms with Gasteiger partial charge in [0.15, 0.2) is 6.10 Å². The van der Waals surface area contributed by atoms with Crippen LogP contribution in [0.5, 0.6) is 0 Å². The van der Waals surface area contributed by atoms with E-state index in [4.69, 9.17) is 14.6 Å². The van der Waals surface area contributed by atoms with E-state index in [1.807, 2.05) is 30.3 Å². The lowest BCUT2D eigenvalue weighted by molar-refractivity contribution is -0.179. The van der Waals surface area contributed by atoms with Gasteiger partial charge in [-0.05, 0) is 5.56 Å². The van der Waals surface area contributed by atoms with Crippen molar-refractivity contribution >= 4 is 5.97 Å². The maximum Gasteiger partial charge on any atom is 0.335 e. The van der Waals surface area contributed by atoms with E-state index in [2.05, 4.69) is 0 Å². The Morgan fingerprint density at radius 3 is 2.67 bits per heavy atom. The second kappa shape index (κ2) is 4.42. The summed E-state index contributed by atoms with van der Waals surface area (Å²) in [6, 6.07) is 9.49. The number of hydrogen-bond acceptors (Lipinski definition) is 3. The molecule has 1 aromatic rings. The molecule has 4 nitrogen and oxygen atoms in total. The number of carboxylic acid groups (broad SMARTS) is 1. The van der Waals surface area contributed by atoms with Gasteiger partial charge in [0.2, 0.25) is 0 Å². The highest BCUT2D eigenvalue weighted by molar-refractivity contribution is 5.72. The Morgan fingerprint density at radius 2 is 2.00 bits per heavy atom. The van der Waals surface area contributed by atoms with Gasteiger partial charge in [-0.3, -0.25) is 0 Å². The molecule has 1 aliphatic rings. The zero-order valence-corrected chi connectivity index (χ0v) is 8.13. The molecule has 4 heteroatoms. The zero-order valence-electron chi connectivity index (χ0n) is 8.13. The van der Waals surface area contributed by atoms with Crippen LogP contribution in [0.1, 0.15) is 11.7 Å². The molecule has 1 saturated heterocycles. The Morgan fingerprint density at radius 1 is 1.27 bits per heavy atom. The van der Waals surface area contributed by atoms with Crippen LogP contribution in [0, 0.1) is 0 Å². The van der Waals surface area contributed by atoms with Gasteiger partial charge in [0.1, 0.15) is 6.10 Å². The number of hydrogen-bond donors (Lipinski definition) is 1. The summed E-state index contributed by atoms with van der Waals surface area (Å²) in [4.78, 5) is 10.7. The largest absolute Gasteiger partial charge is 0.479 e. The predicted octanol–water partition coefficient (Wildman–Crippen LogP) is 1.23. The van der Waals surface area contributed by atoms with Crippen molar-refractivity contribution in [3.05, 3.63) is 35.9 Å². The molecule has 15 heavy (non-hydrogen) atoms. The van der Waals surface area contributed by atoms with Crippen LogP contribution in [0.25, 0.3) is 0 Å². The smallest absolute Gasteiger partial charge is 0.335 e. The van der Waals surface area contributed by atoms with Crippen molar-refractivity contribution in [1.29, 1.82) is 0 Å². The highest BCUT2D eigenvalue weighted by Crippen LogP contribution is 2.23. The first-order valence-corrected chi connectivity index (χ1v) is 4.78. The van der Waals surface area contributed by atoms with Crippen LogP contribution in [-0.2, 0) is 14.3 Å². The first-order valence-electron chi connectivity index (χ1n) is 4.78. The van der Waals surface area contributed by atoms with Gasteiger partial charge in [0, 0.05) is 0 Å². The van der Waals surface area contributed by atoms with E-state index in [1.54, 1.807) is 0 Å². The molecule has 0 unspecified atom stereocenters. The van der Waals surface area contributed by atoms with Crippen molar-refractivity contribution in [2.24, 2.45) is 0 Å². The van der Waals surface area contributed by atoms with Gasteiger partial charge >= 0.3 is 5.97 Å². The normalized spacial score (nSPS) is 26.1. The Balaban J connectivity index is 2.08. The molecule has 0 saturated carbocycles. The van der Waals surface area contributed by atoms with Crippen molar-refractivity contribution in [2.75, 3.05) is 13.2 Å². The van der Waals surface area contributed by atoms with Crippen LogP contribution >= 0.6 is 0 Å². The fourth-order valence-electron chi connectivity index (χ4n) is 1.53. The van der Waals surface area contributed by atoms with Crippen LogP contribution in [-0.4, -0.2) is 30.4 Å².